The van der Waals surface area contributed by atoms with Crippen LogP contribution in [0.15, 0.2) is 11.3 Å². The van der Waals surface area contributed by atoms with Gasteiger partial charge in [0.05, 0.1) is 0 Å². The van der Waals surface area contributed by atoms with Crippen molar-refractivity contribution in [2.45, 2.75) is 73.6 Å². The first kappa shape index (κ1) is 23.4. The standard InChI is InChI=1S/C20H34O5/c1-12(2)7-9-15(11-16(21)10-8-13(3)4)19(23)17(20(24)25)18(22)14(5)6/h12-15,22H,7-11H2,1-6H3,(H,24,25)/t15-/m1/s1. The number of carbonyl (C=O) groups excluding carboxylic acids is 2. The lowest BCUT2D eigenvalue weighted by molar-refractivity contribution is -0.136. The third kappa shape index (κ3) is 8.84. The minimum Gasteiger partial charge on any atom is -0.511 e. The number of carbonyl (C=O) groups is 3. The van der Waals surface area contributed by atoms with Gasteiger partial charge >= 0.3 is 5.97 Å². The fraction of sp³-hybridized carbons (Fsp3) is 0.750. The number of aliphatic hydroxyl groups is 1. The van der Waals surface area contributed by atoms with Crippen LogP contribution < -0.4 is 0 Å². The monoisotopic (exact) mass is 354 g/mol. The highest BCUT2D eigenvalue weighted by atomic mass is 16.4. The predicted molar refractivity (Wildman–Crippen MR) is 98.4 cm³/mol. The molecular formula is C20H34O5. The number of ketones is 2. The number of carboxylic acid groups (broad SMARTS) is 1. The number of aliphatic carboxylic acids is 1. The molecule has 0 fully saturated rings. The summed E-state index contributed by atoms with van der Waals surface area (Å²) in [6, 6.07) is 0. The van der Waals surface area contributed by atoms with Crippen molar-refractivity contribution in [2.24, 2.45) is 23.7 Å². The summed E-state index contributed by atoms with van der Waals surface area (Å²) in [5, 5.41) is 19.4. The maximum atomic E-state index is 12.8. The van der Waals surface area contributed by atoms with Gasteiger partial charge in [0.2, 0.25) is 0 Å². The Hall–Kier alpha value is -1.65. The van der Waals surface area contributed by atoms with Crippen LogP contribution in [0.5, 0.6) is 0 Å². The maximum absolute atomic E-state index is 12.8. The topological polar surface area (TPSA) is 91.7 Å². The fourth-order valence-corrected chi connectivity index (χ4v) is 2.52. The van der Waals surface area contributed by atoms with Crippen molar-refractivity contribution in [3.05, 3.63) is 11.3 Å². The van der Waals surface area contributed by atoms with Crippen molar-refractivity contribution in [2.75, 3.05) is 0 Å². The number of allylic oxidation sites excluding steroid dienone is 1. The van der Waals surface area contributed by atoms with Crippen LogP contribution in [0.1, 0.15) is 73.6 Å². The molecule has 0 saturated heterocycles. The molecule has 144 valence electrons. The Kier molecular flexibility index (Phi) is 10.3. The molecule has 1 atom stereocenters. The van der Waals surface area contributed by atoms with E-state index >= 15 is 0 Å². The first-order valence-corrected chi connectivity index (χ1v) is 9.19. The van der Waals surface area contributed by atoms with Crippen molar-refractivity contribution in [3.8, 4) is 0 Å². The van der Waals surface area contributed by atoms with Gasteiger partial charge in [-0.3, -0.25) is 9.59 Å². The Morgan fingerprint density at radius 2 is 1.32 bits per heavy atom. The van der Waals surface area contributed by atoms with E-state index in [4.69, 9.17) is 0 Å². The van der Waals surface area contributed by atoms with Gasteiger partial charge in [-0.15, -0.1) is 0 Å². The molecule has 0 saturated carbocycles. The van der Waals surface area contributed by atoms with Crippen molar-refractivity contribution < 1.29 is 24.6 Å². The first-order valence-electron chi connectivity index (χ1n) is 9.19. The van der Waals surface area contributed by atoms with Gasteiger partial charge in [-0.2, -0.15) is 0 Å². The van der Waals surface area contributed by atoms with Crippen LogP contribution in [-0.4, -0.2) is 27.7 Å². The largest absolute Gasteiger partial charge is 0.511 e. The predicted octanol–water partition coefficient (Wildman–Crippen LogP) is 4.56. The molecule has 0 aromatic rings. The molecule has 0 aliphatic heterocycles. The lowest BCUT2D eigenvalue weighted by atomic mass is 9.84. The van der Waals surface area contributed by atoms with Crippen LogP contribution in [0.3, 0.4) is 0 Å². The number of rotatable bonds is 12. The van der Waals surface area contributed by atoms with E-state index in [1.54, 1.807) is 13.8 Å². The molecule has 0 spiro atoms. The van der Waals surface area contributed by atoms with E-state index in [-0.39, 0.29) is 12.2 Å². The van der Waals surface area contributed by atoms with Crippen molar-refractivity contribution in [1.29, 1.82) is 0 Å². The van der Waals surface area contributed by atoms with E-state index in [9.17, 15) is 24.6 Å². The molecule has 0 unspecified atom stereocenters. The number of hydrogen-bond donors (Lipinski definition) is 2. The van der Waals surface area contributed by atoms with Crippen LogP contribution in [0.2, 0.25) is 0 Å². The third-order valence-electron chi connectivity index (χ3n) is 4.20. The van der Waals surface area contributed by atoms with Crippen LogP contribution in [0, 0.1) is 23.7 Å². The van der Waals surface area contributed by atoms with Gasteiger partial charge in [0.15, 0.2) is 5.78 Å². The van der Waals surface area contributed by atoms with Gasteiger partial charge in [0.25, 0.3) is 0 Å². The highest BCUT2D eigenvalue weighted by Gasteiger charge is 2.31. The number of aliphatic hydroxyl groups excluding tert-OH is 1. The average molecular weight is 354 g/mol. The second kappa shape index (κ2) is 11.1. The zero-order valence-electron chi connectivity index (χ0n) is 16.5. The smallest absolute Gasteiger partial charge is 0.342 e. The van der Waals surface area contributed by atoms with E-state index in [0.717, 1.165) is 12.8 Å². The fourth-order valence-electron chi connectivity index (χ4n) is 2.52. The molecule has 5 heteroatoms. The normalized spacial score (nSPS) is 14.0. The second-order valence-electron chi connectivity index (χ2n) is 7.93. The van der Waals surface area contributed by atoms with Crippen molar-refractivity contribution in [3.63, 3.8) is 0 Å². The number of hydrogen-bond acceptors (Lipinski definition) is 4. The molecule has 0 radical (unpaired) electrons. The highest BCUT2D eigenvalue weighted by molar-refractivity contribution is 6.18. The zero-order chi connectivity index (χ0) is 19.7. The molecule has 0 heterocycles. The summed E-state index contributed by atoms with van der Waals surface area (Å²) in [6.07, 6.45) is 2.36. The van der Waals surface area contributed by atoms with Crippen LogP contribution in [0.4, 0.5) is 0 Å². The van der Waals surface area contributed by atoms with Gasteiger partial charge in [0, 0.05) is 24.7 Å². The molecule has 0 aliphatic carbocycles. The Morgan fingerprint density at radius 3 is 1.72 bits per heavy atom. The maximum Gasteiger partial charge on any atom is 0.342 e. The average Bonchev–Trinajstić information content (AvgIpc) is 2.48. The highest BCUT2D eigenvalue weighted by Crippen LogP contribution is 2.25. The number of carboxylic acids is 1. The van der Waals surface area contributed by atoms with E-state index < -0.39 is 34.9 Å². The zero-order valence-corrected chi connectivity index (χ0v) is 16.5. The summed E-state index contributed by atoms with van der Waals surface area (Å²) in [6.45, 7) is 11.3. The summed E-state index contributed by atoms with van der Waals surface area (Å²) < 4.78 is 0. The summed E-state index contributed by atoms with van der Waals surface area (Å²) in [7, 11) is 0. The number of Topliss-reactive ketones (excluding diaryl/α,β-unsaturated/α-hetero) is 2. The van der Waals surface area contributed by atoms with Gasteiger partial charge in [-0.25, -0.2) is 4.79 Å². The summed E-state index contributed by atoms with van der Waals surface area (Å²) in [4.78, 5) is 36.5. The van der Waals surface area contributed by atoms with E-state index in [1.807, 2.05) is 27.7 Å². The minimum atomic E-state index is -1.43. The molecule has 0 aromatic heterocycles. The Balaban J connectivity index is 5.42. The molecule has 25 heavy (non-hydrogen) atoms. The summed E-state index contributed by atoms with van der Waals surface area (Å²) in [5.41, 5.74) is -0.569. The lowest BCUT2D eigenvalue weighted by Crippen LogP contribution is -2.26. The van der Waals surface area contributed by atoms with E-state index in [0.29, 0.717) is 24.7 Å². The Morgan fingerprint density at radius 1 is 0.800 bits per heavy atom. The van der Waals surface area contributed by atoms with Gasteiger partial charge in [0.1, 0.15) is 17.1 Å². The molecule has 0 rings (SSSR count). The van der Waals surface area contributed by atoms with Gasteiger partial charge in [-0.05, 0) is 24.7 Å². The van der Waals surface area contributed by atoms with E-state index in [1.165, 1.54) is 0 Å². The molecular weight excluding hydrogens is 320 g/mol. The Labute approximate surface area is 151 Å². The first-order chi connectivity index (χ1) is 11.5. The Bertz CT molecular complexity index is 500. The quantitative estimate of drug-likeness (QED) is 0.232. The third-order valence-corrected chi connectivity index (χ3v) is 4.20. The van der Waals surface area contributed by atoms with Gasteiger partial charge in [-0.1, -0.05) is 48.0 Å². The molecule has 0 aliphatic rings. The van der Waals surface area contributed by atoms with Crippen LogP contribution in [-0.2, 0) is 14.4 Å². The summed E-state index contributed by atoms with van der Waals surface area (Å²) >= 11 is 0. The SMILES string of the molecule is CC(C)CCC(=O)C[C@@H](CCC(C)C)C(=O)C(C(=O)O)=C(O)C(C)C. The van der Waals surface area contributed by atoms with Crippen LogP contribution in [0.25, 0.3) is 0 Å². The van der Waals surface area contributed by atoms with Crippen molar-refractivity contribution in [1.82, 2.24) is 0 Å². The van der Waals surface area contributed by atoms with Gasteiger partial charge < -0.3 is 10.2 Å². The molecule has 0 bridgehead atoms. The minimum absolute atomic E-state index is 0.0235. The van der Waals surface area contributed by atoms with Crippen molar-refractivity contribution >= 4 is 17.5 Å². The molecule has 0 amide bonds. The molecule has 0 aromatic carbocycles. The molecule has 5 nitrogen and oxygen atoms in total. The summed E-state index contributed by atoms with van der Waals surface area (Å²) in [5.74, 6) is -2.90. The van der Waals surface area contributed by atoms with E-state index in [2.05, 4.69) is 0 Å². The lowest BCUT2D eigenvalue weighted by Gasteiger charge is -2.18. The molecule has 2 N–H and O–H groups in total. The second-order valence-corrected chi connectivity index (χ2v) is 7.93. The van der Waals surface area contributed by atoms with Crippen LogP contribution >= 0.6 is 0 Å².